The van der Waals surface area contributed by atoms with Crippen molar-refractivity contribution in [2.24, 2.45) is 0 Å². The molecule has 0 amide bonds. The molecule has 0 saturated heterocycles. The highest BCUT2D eigenvalue weighted by Crippen LogP contribution is 2.61. The number of rotatable bonds is 3. The fourth-order valence-corrected chi connectivity index (χ4v) is 13.5. The van der Waals surface area contributed by atoms with Crippen molar-refractivity contribution in [2.75, 3.05) is 14.7 Å². The number of anilines is 8. The Morgan fingerprint density at radius 3 is 1.91 bits per heavy atom. The molecule has 2 unspecified atom stereocenters. The molecule has 1 fully saturated rings. The van der Waals surface area contributed by atoms with E-state index < -0.39 is 0 Å². The lowest BCUT2D eigenvalue weighted by atomic mass is 9.33. The third-order valence-electron chi connectivity index (χ3n) is 15.9. The number of hydrogen-bond acceptors (Lipinski definition) is 4. The van der Waals surface area contributed by atoms with Gasteiger partial charge in [-0.15, -0.1) is 11.3 Å². The minimum atomic E-state index is -0.0344. The third-order valence-corrected chi connectivity index (χ3v) is 17.1. The Hall–Kier alpha value is -5.78. The molecule has 3 nitrogen and oxygen atoms in total. The summed E-state index contributed by atoms with van der Waals surface area (Å²) in [5.41, 5.74) is 19.7. The maximum atomic E-state index is 2.75. The maximum Gasteiger partial charge on any atom is 0.252 e. The van der Waals surface area contributed by atoms with E-state index in [1.807, 2.05) is 11.3 Å². The van der Waals surface area contributed by atoms with Crippen LogP contribution in [0.1, 0.15) is 103 Å². The second-order valence-corrected chi connectivity index (χ2v) is 22.9. The van der Waals surface area contributed by atoms with Gasteiger partial charge in [-0.2, -0.15) is 0 Å². The third kappa shape index (κ3) is 5.58. The Morgan fingerprint density at radius 2 is 1.14 bits per heavy atom. The molecule has 64 heavy (non-hydrogen) atoms. The van der Waals surface area contributed by atoms with Crippen molar-refractivity contribution in [3.05, 3.63) is 162 Å². The van der Waals surface area contributed by atoms with Gasteiger partial charge in [0, 0.05) is 71.1 Å². The van der Waals surface area contributed by atoms with Crippen LogP contribution in [0.25, 0.3) is 20.2 Å². The molecule has 3 aliphatic heterocycles. The van der Waals surface area contributed by atoms with Crippen LogP contribution < -0.4 is 31.1 Å². The molecule has 0 bridgehead atoms. The molecular formula is C59H58BN3S. The summed E-state index contributed by atoms with van der Waals surface area (Å²) in [5.74, 6) is 0. The zero-order chi connectivity index (χ0) is 44.1. The zero-order valence-electron chi connectivity index (χ0n) is 38.9. The number of para-hydroxylation sites is 1. The summed E-state index contributed by atoms with van der Waals surface area (Å²) in [5, 5.41) is 2.66. The van der Waals surface area contributed by atoms with Crippen LogP contribution in [0.3, 0.4) is 0 Å². The number of aryl methyl sites for hydroxylation is 1. The van der Waals surface area contributed by atoms with Crippen molar-refractivity contribution in [1.82, 2.24) is 0 Å². The second-order valence-electron chi connectivity index (χ2n) is 21.8. The maximum absolute atomic E-state index is 2.75. The van der Waals surface area contributed by atoms with Crippen molar-refractivity contribution < 1.29 is 0 Å². The SMILES string of the molecule is Cc1cc2c3c(c1)N(c1ccc4c(c1)sc1ccccc14)c1cc(C(C)(C)C)ccc1B3c1ccc(N3c4ccccc4C4(C)CCCCC34C)cc1N2c1cccc(C(C)(C)C)c1. The van der Waals surface area contributed by atoms with E-state index >= 15 is 0 Å². The average molecular weight is 852 g/mol. The lowest BCUT2D eigenvalue weighted by Crippen LogP contribution is -2.61. The zero-order valence-corrected chi connectivity index (χ0v) is 39.8. The first-order chi connectivity index (χ1) is 30.6. The highest BCUT2D eigenvalue weighted by atomic mass is 32.1. The Bertz CT molecular complexity index is 3240. The summed E-state index contributed by atoms with van der Waals surface area (Å²) < 4.78 is 2.65. The van der Waals surface area contributed by atoms with Gasteiger partial charge >= 0.3 is 0 Å². The van der Waals surface area contributed by atoms with Crippen LogP contribution in [-0.4, -0.2) is 12.3 Å². The first kappa shape index (κ1) is 39.8. The monoisotopic (exact) mass is 851 g/mol. The van der Waals surface area contributed by atoms with Crippen molar-refractivity contribution in [3.63, 3.8) is 0 Å². The number of benzene rings is 7. The normalized spacial score (nSPS) is 20.0. The number of fused-ring (bicyclic) bond motifs is 10. The van der Waals surface area contributed by atoms with Gasteiger partial charge in [-0.25, -0.2) is 0 Å². The molecule has 12 rings (SSSR count). The summed E-state index contributed by atoms with van der Waals surface area (Å²) in [6.07, 6.45) is 4.92. The Labute approximate surface area is 384 Å². The van der Waals surface area contributed by atoms with Crippen molar-refractivity contribution in [1.29, 1.82) is 0 Å². The van der Waals surface area contributed by atoms with Gasteiger partial charge in [-0.05, 0) is 143 Å². The second kappa shape index (κ2) is 13.6. The van der Waals surface area contributed by atoms with Crippen molar-refractivity contribution >= 4 is 100 Å². The molecule has 7 aromatic carbocycles. The molecule has 1 aliphatic carbocycles. The van der Waals surface area contributed by atoms with Gasteiger partial charge in [0.25, 0.3) is 6.71 Å². The molecule has 8 aromatic rings. The largest absolute Gasteiger partial charge is 0.334 e. The van der Waals surface area contributed by atoms with E-state index in [1.165, 1.54) is 130 Å². The van der Waals surface area contributed by atoms with Gasteiger partial charge in [0.05, 0.1) is 5.54 Å². The molecule has 4 aliphatic rings. The van der Waals surface area contributed by atoms with Crippen molar-refractivity contribution in [3.8, 4) is 0 Å². The average Bonchev–Trinajstić information content (AvgIpc) is 3.74. The molecule has 4 heterocycles. The standard InChI is InChI=1S/C59H58BN3S/c1-37-31-51-55-52(32-37)62(41-24-26-44-43-19-10-13-22-53(43)64-54(44)36-41)49-34-39(57(5,6)7)23-27-46(49)60(55)47-28-25-42(35-50(47)61(51)40-18-16-17-38(33-40)56(2,3)4)63-48-21-12-11-20-45(48)58(8)29-14-15-30-59(58,63)9/h10-13,16-28,31-36H,14-15,29-30H2,1-9H3. The molecule has 1 saturated carbocycles. The van der Waals surface area contributed by atoms with Crippen LogP contribution in [0.4, 0.5) is 45.5 Å². The number of nitrogens with zero attached hydrogens (tertiary/aromatic N) is 3. The Kier molecular flexibility index (Phi) is 8.47. The molecule has 1 aromatic heterocycles. The number of hydrogen-bond donors (Lipinski definition) is 0. The molecule has 0 radical (unpaired) electrons. The van der Waals surface area contributed by atoms with Gasteiger partial charge in [0.2, 0.25) is 0 Å². The highest BCUT2D eigenvalue weighted by Gasteiger charge is 2.57. The lowest BCUT2D eigenvalue weighted by molar-refractivity contribution is 0.195. The van der Waals surface area contributed by atoms with Gasteiger partial charge < -0.3 is 14.7 Å². The Balaban J connectivity index is 1.14. The predicted molar refractivity (Wildman–Crippen MR) is 278 cm³/mol. The summed E-state index contributed by atoms with van der Waals surface area (Å²) >= 11 is 1.90. The van der Waals surface area contributed by atoms with Gasteiger partial charge in [-0.3, -0.25) is 0 Å². The van der Waals surface area contributed by atoms with Crippen LogP contribution in [-0.2, 0) is 16.2 Å². The minimum absolute atomic E-state index is 0.00389. The fourth-order valence-electron chi connectivity index (χ4n) is 12.3. The van der Waals surface area contributed by atoms with E-state index in [1.54, 1.807) is 0 Å². The molecule has 2 atom stereocenters. The first-order valence-corrected chi connectivity index (χ1v) is 24.4. The Morgan fingerprint density at radius 1 is 0.516 bits per heavy atom. The van der Waals surface area contributed by atoms with Crippen LogP contribution in [0.2, 0.25) is 0 Å². The fraction of sp³-hybridized carbons (Fsp3) is 0.288. The van der Waals surface area contributed by atoms with Gasteiger partial charge in [0.1, 0.15) is 0 Å². The van der Waals surface area contributed by atoms with Crippen LogP contribution in [0, 0.1) is 6.92 Å². The van der Waals surface area contributed by atoms with Crippen LogP contribution >= 0.6 is 11.3 Å². The van der Waals surface area contributed by atoms with Crippen molar-refractivity contribution in [2.45, 2.75) is 110 Å². The predicted octanol–water partition coefficient (Wildman–Crippen LogP) is 14.8. The summed E-state index contributed by atoms with van der Waals surface area (Å²) in [6, 6.07) is 54.6. The highest BCUT2D eigenvalue weighted by molar-refractivity contribution is 7.25. The van der Waals surface area contributed by atoms with E-state index in [0.717, 1.165) is 0 Å². The summed E-state index contributed by atoms with van der Waals surface area (Å²) in [6.45, 7) is 21.5. The van der Waals surface area contributed by atoms with Crippen LogP contribution in [0.5, 0.6) is 0 Å². The first-order valence-electron chi connectivity index (χ1n) is 23.6. The molecule has 0 N–H and O–H groups in total. The number of thiophene rings is 1. The van der Waals surface area contributed by atoms with E-state index in [9.17, 15) is 0 Å². The van der Waals surface area contributed by atoms with Gasteiger partial charge in [0.15, 0.2) is 0 Å². The smallest absolute Gasteiger partial charge is 0.252 e. The lowest BCUT2D eigenvalue weighted by Gasteiger charge is -2.50. The topological polar surface area (TPSA) is 9.72 Å². The van der Waals surface area contributed by atoms with E-state index in [4.69, 9.17) is 0 Å². The molecule has 0 spiro atoms. The molecule has 5 heteroatoms. The van der Waals surface area contributed by atoms with E-state index in [0.29, 0.717) is 0 Å². The molecular weight excluding hydrogens is 794 g/mol. The van der Waals surface area contributed by atoms with E-state index in [2.05, 4.69) is 217 Å². The van der Waals surface area contributed by atoms with E-state index in [-0.39, 0.29) is 28.5 Å². The minimum Gasteiger partial charge on any atom is -0.334 e. The summed E-state index contributed by atoms with van der Waals surface area (Å²) in [7, 11) is 0. The van der Waals surface area contributed by atoms with Gasteiger partial charge in [-0.1, -0.05) is 134 Å². The summed E-state index contributed by atoms with van der Waals surface area (Å²) in [4.78, 5) is 7.98. The quantitative estimate of drug-likeness (QED) is 0.164. The molecule has 318 valence electrons. The van der Waals surface area contributed by atoms with Crippen LogP contribution in [0.15, 0.2) is 140 Å².